The molecular weight excluding hydrogens is 646 g/mol. The molecule has 264 valence electrons. The lowest BCUT2D eigenvalue weighted by Crippen LogP contribution is -2.62. The number of benzene rings is 2. The van der Waals surface area contributed by atoms with E-state index in [4.69, 9.17) is 18.9 Å². The summed E-state index contributed by atoms with van der Waals surface area (Å²) in [6, 6.07) is 10.6. The topological polar surface area (TPSA) is 199 Å². The summed E-state index contributed by atoms with van der Waals surface area (Å²) in [4.78, 5) is 80.6. The number of piperazine rings is 1. The normalized spacial score (nSPS) is 19.1. The van der Waals surface area contributed by atoms with E-state index in [1.54, 1.807) is 51.1 Å². The summed E-state index contributed by atoms with van der Waals surface area (Å²) in [5.41, 5.74) is -0.404. The number of hydrogen-bond donors (Lipinski definition) is 1. The van der Waals surface area contributed by atoms with E-state index >= 15 is 0 Å². The highest BCUT2D eigenvalue weighted by Gasteiger charge is 2.47. The number of carbonyl (C=O) groups is 5. The SMILES string of the molecule is COC(=O)[C@@H]1C[C@H](N(CC2CN(C(=O)O)CCN2C(=O)OC(C)(C)C)C(=O)Oc2ccc([N+](=O)[O-])cc2)CN1C(=O)OCc1ccccc1. The molecule has 0 spiro atoms. The molecule has 0 saturated carbocycles. The summed E-state index contributed by atoms with van der Waals surface area (Å²) in [5.74, 6) is -0.796. The minimum Gasteiger partial charge on any atom is -0.467 e. The zero-order valence-electron chi connectivity index (χ0n) is 27.6. The number of nitrogens with zero attached hydrogens (tertiary/aromatic N) is 5. The van der Waals surface area contributed by atoms with E-state index < -0.39 is 59.0 Å². The van der Waals surface area contributed by atoms with E-state index in [2.05, 4.69) is 0 Å². The first-order valence-corrected chi connectivity index (χ1v) is 15.4. The van der Waals surface area contributed by atoms with Crippen molar-refractivity contribution < 1.29 is 52.9 Å². The van der Waals surface area contributed by atoms with Crippen molar-refractivity contribution in [1.82, 2.24) is 19.6 Å². The molecule has 17 heteroatoms. The molecule has 2 aromatic carbocycles. The molecular formula is C32H39N5O12. The maximum absolute atomic E-state index is 13.9. The van der Waals surface area contributed by atoms with Gasteiger partial charge in [-0.1, -0.05) is 30.3 Å². The van der Waals surface area contributed by atoms with Gasteiger partial charge in [0.25, 0.3) is 5.69 Å². The summed E-state index contributed by atoms with van der Waals surface area (Å²) < 4.78 is 21.6. The Balaban J connectivity index is 1.65. The predicted octanol–water partition coefficient (Wildman–Crippen LogP) is 3.95. The van der Waals surface area contributed by atoms with Crippen LogP contribution in [-0.4, -0.2) is 124 Å². The highest BCUT2D eigenvalue weighted by molar-refractivity contribution is 5.83. The van der Waals surface area contributed by atoms with Crippen LogP contribution in [0.5, 0.6) is 5.75 Å². The van der Waals surface area contributed by atoms with E-state index in [1.165, 1.54) is 21.9 Å². The van der Waals surface area contributed by atoms with Gasteiger partial charge in [-0.05, 0) is 38.5 Å². The van der Waals surface area contributed by atoms with Gasteiger partial charge in [0, 0.05) is 51.3 Å². The van der Waals surface area contributed by atoms with Gasteiger partial charge in [-0.15, -0.1) is 0 Å². The Kier molecular flexibility index (Phi) is 11.5. The van der Waals surface area contributed by atoms with Crippen molar-refractivity contribution in [2.75, 3.05) is 39.8 Å². The molecule has 0 aromatic heterocycles. The zero-order chi connectivity index (χ0) is 35.9. The quantitative estimate of drug-likeness (QED) is 0.182. The van der Waals surface area contributed by atoms with Crippen molar-refractivity contribution in [3.05, 3.63) is 70.3 Å². The molecule has 1 unspecified atom stereocenters. The lowest BCUT2D eigenvalue weighted by atomic mass is 10.1. The second-order valence-electron chi connectivity index (χ2n) is 12.4. The summed E-state index contributed by atoms with van der Waals surface area (Å²) in [7, 11) is 1.16. The van der Waals surface area contributed by atoms with Crippen molar-refractivity contribution in [3.63, 3.8) is 0 Å². The standard InChI is InChI=1S/C32H39N5O12/c1-32(2,3)49-31(43)34-15-14-33(28(39)40)17-24(34)19-35(30(42)48-25-12-10-22(11-13-25)37(44)45)23-16-26(27(38)46-4)36(18-23)29(41)47-20-21-8-6-5-7-9-21/h5-13,23-24,26H,14-20H2,1-4H3,(H,39,40)/t23-,24?,26-/m0/s1. The summed E-state index contributed by atoms with van der Waals surface area (Å²) in [5, 5.41) is 20.9. The lowest BCUT2D eigenvalue weighted by Gasteiger charge is -2.43. The number of esters is 1. The molecule has 0 aliphatic carbocycles. The number of carboxylic acid groups (broad SMARTS) is 1. The molecule has 0 radical (unpaired) electrons. The summed E-state index contributed by atoms with van der Waals surface area (Å²) in [6.45, 7) is 4.22. The highest BCUT2D eigenvalue weighted by atomic mass is 16.6. The number of methoxy groups -OCH3 is 1. The van der Waals surface area contributed by atoms with Crippen LogP contribution in [0.2, 0.25) is 0 Å². The molecule has 4 amide bonds. The third kappa shape index (κ3) is 9.48. The number of ether oxygens (including phenoxy) is 4. The first-order valence-electron chi connectivity index (χ1n) is 15.4. The number of non-ortho nitro benzene ring substituents is 1. The molecule has 2 aliphatic rings. The van der Waals surface area contributed by atoms with Crippen LogP contribution in [0.25, 0.3) is 0 Å². The zero-order valence-corrected chi connectivity index (χ0v) is 27.6. The Bertz CT molecular complexity index is 1530. The van der Waals surface area contributed by atoms with E-state index in [-0.39, 0.29) is 57.2 Å². The maximum atomic E-state index is 13.9. The van der Waals surface area contributed by atoms with E-state index in [0.717, 1.165) is 29.0 Å². The third-order valence-corrected chi connectivity index (χ3v) is 7.91. The molecule has 2 fully saturated rings. The van der Waals surface area contributed by atoms with Gasteiger partial charge in [-0.3, -0.25) is 19.9 Å². The van der Waals surface area contributed by atoms with Gasteiger partial charge >= 0.3 is 30.3 Å². The predicted molar refractivity (Wildman–Crippen MR) is 170 cm³/mol. The first kappa shape index (κ1) is 36.2. The number of nitro groups is 1. The lowest BCUT2D eigenvalue weighted by molar-refractivity contribution is -0.384. The summed E-state index contributed by atoms with van der Waals surface area (Å²) >= 11 is 0. The fourth-order valence-corrected chi connectivity index (χ4v) is 5.54. The molecule has 0 bridgehead atoms. The number of likely N-dealkylation sites (tertiary alicyclic amines) is 1. The second kappa shape index (κ2) is 15.5. The Labute approximate surface area is 282 Å². The molecule has 3 atom stereocenters. The third-order valence-electron chi connectivity index (χ3n) is 7.91. The molecule has 2 saturated heterocycles. The van der Waals surface area contributed by atoms with Crippen LogP contribution in [0.15, 0.2) is 54.6 Å². The van der Waals surface area contributed by atoms with Gasteiger partial charge in [-0.2, -0.15) is 0 Å². The molecule has 2 aliphatic heterocycles. The Morgan fingerprint density at radius 1 is 0.959 bits per heavy atom. The molecule has 2 aromatic rings. The number of carbonyl (C=O) groups excluding carboxylic acids is 4. The Morgan fingerprint density at radius 2 is 1.63 bits per heavy atom. The maximum Gasteiger partial charge on any atom is 0.415 e. The first-order chi connectivity index (χ1) is 23.2. The van der Waals surface area contributed by atoms with Gasteiger partial charge in [0.1, 0.15) is 24.0 Å². The summed E-state index contributed by atoms with van der Waals surface area (Å²) in [6.07, 6.45) is -3.87. The second-order valence-corrected chi connectivity index (χ2v) is 12.4. The fourth-order valence-electron chi connectivity index (χ4n) is 5.54. The van der Waals surface area contributed by atoms with E-state index in [1.807, 2.05) is 0 Å². The van der Waals surface area contributed by atoms with Crippen LogP contribution in [0.4, 0.5) is 24.9 Å². The average Bonchev–Trinajstić information content (AvgIpc) is 3.50. The largest absolute Gasteiger partial charge is 0.467 e. The van der Waals surface area contributed by atoms with E-state index in [9.17, 15) is 39.2 Å². The van der Waals surface area contributed by atoms with Crippen LogP contribution in [0.1, 0.15) is 32.8 Å². The Morgan fingerprint density at radius 3 is 2.22 bits per heavy atom. The molecule has 2 heterocycles. The minimum atomic E-state index is -1.23. The number of hydrogen-bond acceptors (Lipinski definition) is 11. The molecule has 1 N–H and O–H groups in total. The van der Waals surface area contributed by atoms with Gasteiger partial charge < -0.3 is 33.9 Å². The molecule has 17 nitrogen and oxygen atoms in total. The van der Waals surface area contributed by atoms with Gasteiger partial charge in [0.05, 0.1) is 24.1 Å². The van der Waals surface area contributed by atoms with Crippen molar-refractivity contribution in [1.29, 1.82) is 0 Å². The van der Waals surface area contributed by atoms with Crippen molar-refractivity contribution in [2.45, 2.75) is 57.5 Å². The van der Waals surface area contributed by atoms with Crippen molar-refractivity contribution in [2.24, 2.45) is 0 Å². The van der Waals surface area contributed by atoms with Crippen LogP contribution >= 0.6 is 0 Å². The van der Waals surface area contributed by atoms with Crippen LogP contribution < -0.4 is 4.74 Å². The number of rotatable bonds is 8. The molecule has 4 rings (SSSR count). The van der Waals surface area contributed by atoms with Gasteiger partial charge in [0.2, 0.25) is 0 Å². The van der Waals surface area contributed by atoms with Crippen molar-refractivity contribution >= 4 is 36.0 Å². The number of nitro benzene ring substituents is 1. The van der Waals surface area contributed by atoms with Crippen LogP contribution in [0.3, 0.4) is 0 Å². The van der Waals surface area contributed by atoms with Crippen LogP contribution in [-0.2, 0) is 25.6 Å². The fraction of sp³-hybridized carbons (Fsp3) is 0.469. The highest BCUT2D eigenvalue weighted by Crippen LogP contribution is 2.28. The van der Waals surface area contributed by atoms with Gasteiger partial charge in [0.15, 0.2) is 0 Å². The van der Waals surface area contributed by atoms with Crippen molar-refractivity contribution in [3.8, 4) is 5.75 Å². The molecule has 49 heavy (non-hydrogen) atoms. The monoisotopic (exact) mass is 685 g/mol. The smallest absolute Gasteiger partial charge is 0.415 e. The van der Waals surface area contributed by atoms with E-state index in [0.29, 0.717) is 5.56 Å². The average molecular weight is 686 g/mol. The van der Waals surface area contributed by atoms with Crippen LogP contribution in [0, 0.1) is 10.1 Å². The Hall–Kier alpha value is -5.61. The number of amides is 4. The minimum absolute atomic E-state index is 0.00675. The van der Waals surface area contributed by atoms with Gasteiger partial charge in [-0.25, -0.2) is 24.0 Å².